The van der Waals surface area contributed by atoms with E-state index < -0.39 is 52.7 Å². The fourth-order valence-corrected chi connectivity index (χ4v) is 9.02. The van der Waals surface area contributed by atoms with Crippen LogP contribution in [0.5, 0.6) is 34.5 Å². The van der Waals surface area contributed by atoms with Gasteiger partial charge in [-0.2, -0.15) is 0 Å². The maximum Gasteiger partial charge on any atom is 0.516 e. The monoisotopic (exact) mass is 1480 g/mol. The van der Waals surface area contributed by atoms with E-state index in [1.165, 1.54) is 30.9 Å². The number of nitrogens with zero attached hydrogens (tertiary/aromatic N) is 6. The molecule has 5 aromatic carbocycles. The van der Waals surface area contributed by atoms with Crippen LogP contribution < -0.4 is 50.8 Å². The second-order valence-electron chi connectivity index (χ2n) is 18.1. The van der Waals surface area contributed by atoms with E-state index in [1.54, 1.807) is 24.5 Å². The van der Waals surface area contributed by atoms with E-state index >= 15 is 0 Å². The van der Waals surface area contributed by atoms with Gasteiger partial charge in [-0.05, 0) is 164 Å². The quantitative estimate of drug-likeness (QED) is 0.0606. The minimum Gasteiger partial charge on any atom is -0.454 e. The van der Waals surface area contributed by atoms with Crippen LogP contribution in [0, 0.1) is 23.3 Å². The Kier molecular flexibility index (Phi) is 23.0. The number of aromatic nitrogens is 6. The molecule has 0 spiro atoms. The molecular weight excluding hydrogens is 1450 g/mol. The molecule has 0 saturated carbocycles. The molecule has 3 aromatic heterocycles. The van der Waals surface area contributed by atoms with E-state index in [0.29, 0.717) is 52.5 Å². The molecule has 5 N–H and O–H groups in total. The van der Waals surface area contributed by atoms with Crippen molar-refractivity contribution in [2.45, 2.75) is 38.9 Å². The number of fused-ring (bicyclic) bond motifs is 3. The van der Waals surface area contributed by atoms with Crippen molar-refractivity contribution in [3.8, 4) is 57.0 Å². The van der Waals surface area contributed by atoms with Gasteiger partial charge in [-0.3, -0.25) is 24.5 Å². The van der Waals surface area contributed by atoms with Crippen molar-refractivity contribution < 1.29 is 64.9 Å². The topological polar surface area (TPSA) is 249 Å². The number of carbonyl (C=O) groups excluding carboxylic acids is 2. The summed E-state index contributed by atoms with van der Waals surface area (Å²) in [5.41, 5.74) is 12.4. The largest absolute Gasteiger partial charge is 0.516 e. The van der Waals surface area contributed by atoms with Crippen LogP contribution in [0.15, 0.2) is 128 Å². The minimum atomic E-state index is -1.12. The van der Waals surface area contributed by atoms with E-state index in [1.807, 2.05) is 52.0 Å². The van der Waals surface area contributed by atoms with Crippen LogP contribution in [-0.4, -0.2) is 85.1 Å². The van der Waals surface area contributed by atoms with Gasteiger partial charge in [0.15, 0.2) is 40.3 Å². The van der Waals surface area contributed by atoms with E-state index in [4.69, 9.17) is 84.0 Å². The number of benzene rings is 5. The molecule has 7 heterocycles. The molecule has 19 nitrogen and oxygen atoms in total. The lowest BCUT2D eigenvalue weighted by atomic mass is 9.85. The molecule has 4 aliphatic rings. The highest BCUT2D eigenvalue weighted by Crippen LogP contribution is 2.43. The standard InChI is InChI=1S/C18H10BrF2N3O3.C11H8BrN3O2.C10H16BN3O2.C7H4Br2O2.C7H3ClF2O.CH2Cl2/c19-10-5-15-14(26-8-27-15)4-9(10)13-6-23-16(7-22-13)24-18(25)17-11(20)2-1-3-12(17)21;12-7-2-10-9(16-5-17-10)1-6(7)8-3-15-11(13)4-14-8;1-9(2)10(3,4)16-11(15-9)7-5-14-8(12)6-13-7;8-4-1-6-7(2-5(4)9)11-3-10-6;8-7(11)6-4(9)2-1-3-5(6)10;2-1-3/h1-7H,8H2,(H,23,24,25);1-4H,5H2,(H2,13,15);5-6H,1-4H3,(H2,12,14);1-2H,3H2;1-3H;1H2. The van der Waals surface area contributed by atoms with E-state index in [2.05, 4.69) is 98.9 Å². The van der Waals surface area contributed by atoms with Crippen molar-refractivity contribution in [2.24, 2.45) is 0 Å². The summed E-state index contributed by atoms with van der Waals surface area (Å²) in [5, 5.41) is 1.40. The van der Waals surface area contributed by atoms with Crippen molar-refractivity contribution in [1.29, 1.82) is 0 Å². The zero-order chi connectivity index (χ0) is 61.8. The molecule has 0 radical (unpaired) electrons. The van der Waals surface area contributed by atoms with Gasteiger partial charge in [-0.25, -0.2) is 32.5 Å². The van der Waals surface area contributed by atoms with Gasteiger partial charge in [-0.1, -0.05) is 12.1 Å². The van der Waals surface area contributed by atoms with Gasteiger partial charge in [0.25, 0.3) is 11.1 Å². The molecule has 8 aromatic rings. The molecule has 444 valence electrons. The van der Waals surface area contributed by atoms with Crippen molar-refractivity contribution in [1.82, 2.24) is 29.9 Å². The lowest BCUT2D eigenvalue weighted by Gasteiger charge is -2.32. The van der Waals surface area contributed by atoms with E-state index in [0.717, 1.165) is 76.7 Å². The molecule has 1 saturated heterocycles. The summed E-state index contributed by atoms with van der Waals surface area (Å²) in [7, 11) is -0.474. The van der Waals surface area contributed by atoms with Crippen LogP contribution in [0.1, 0.15) is 48.4 Å². The van der Waals surface area contributed by atoms with Crippen LogP contribution >= 0.6 is 98.5 Å². The molecule has 1 amide bonds. The first-order chi connectivity index (χ1) is 40.4. The smallest absolute Gasteiger partial charge is 0.454 e. The average molecular weight is 1490 g/mol. The Balaban J connectivity index is 0.000000157. The molecule has 4 aliphatic heterocycles. The maximum absolute atomic E-state index is 13.7. The number of hydrogen-bond acceptors (Lipinski definition) is 18. The second-order valence-corrected chi connectivity index (χ2v) is 22.6. The van der Waals surface area contributed by atoms with Crippen molar-refractivity contribution in [2.75, 3.05) is 42.5 Å². The zero-order valence-electron chi connectivity index (χ0n) is 44.4. The summed E-state index contributed by atoms with van der Waals surface area (Å²) in [6.45, 7) is 8.70. The number of halogens is 11. The summed E-state index contributed by atoms with van der Waals surface area (Å²) in [6, 6.07) is 17.3. The van der Waals surface area contributed by atoms with Crippen LogP contribution in [0.2, 0.25) is 0 Å². The summed E-state index contributed by atoms with van der Waals surface area (Å²) in [4.78, 5) is 47.1. The number of amides is 1. The summed E-state index contributed by atoms with van der Waals surface area (Å²) < 4.78 is 99.2. The van der Waals surface area contributed by atoms with Gasteiger partial charge in [0.1, 0.15) is 46.0 Å². The SMILES string of the molecule is Brc1cc2c(cc1Br)OCO2.CC1(C)OB(c2cnc(N)cn2)OC1(C)C.ClCCl.Nc1cnc(-c2cc3c(cc2Br)OCO3)cn1.O=C(Cl)c1c(F)cccc1F.O=C(Nc1cnc(-c2cc3c(cc2Br)OCO3)cn1)c1c(F)cccc1F. The number of nitrogen functional groups attached to an aromatic ring is 2. The third kappa shape index (κ3) is 17.1. The van der Waals surface area contributed by atoms with Gasteiger partial charge >= 0.3 is 7.12 Å². The van der Waals surface area contributed by atoms with Gasteiger partial charge in [0, 0.05) is 35.2 Å². The van der Waals surface area contributed by atoms with E-state index in [9.17, 15) is 27.2 Å². The Morgan fingerprint density at radius 2 is 0.906 bits per heavy atom. The van der Waals surface area contributed by atoms with Gasteiger partial charge in [0.05, 0.1) is 64.5 Å². The van der Waals surface area contributed by atoms with Crippen molar-refractivity contribution >= 4 is 140 Å². The number of ether oxygens (including phenoxy) is 6. The minimum absolute atomic E-state index is 0.0586. The van der Waals surface area contributed by atoms with Crippen LogP contribution in [0.3, 0.4) is 0 Å². The van der Waals surface area contributed by atoms with Gasteiger partial charge in [0.2, 0.25) is 20.4 Å². The first kappa shape index (κ1) is 65.9. The fraction of sp³-hybridized carbons (Fsp3) is 0.185. The Labute approximate surface area is 531 Å². The molecule has 0 unspecified atom stereocenters. The van der Waals surface area contributed by atoms with Gasteiger partial charge < -0.3 is 54.5 Å². The molecule has 85 heavy (non-hydrogen) atoms. The zero-order valence-corrected chi connectivity index (χ0v) is 53.0. The highest BCUT2D eigenvalue weighted by Gasteiger charge is 2.52. The summed E-state index contributed by atoms with van der Waals surface area (Å²) in [5.74, 6) is 0.326. The lowest BCUT2D eigenvalue weighted by Crippen LogP contribution is -2.41. The predicted octanol–water partition coefficient (Wildman–Crippen LogP) is 13.4. The number of hydrogen-bond donors (Lipinski definition) is 3. The molecular formula is C54H43BBr4Cl3F4N9O10. The summed E-state index contributed by atoms with van der Waals surface area (Å²) >= 11 is 28.1. The van der Waals surface area contributed by atoms with Crippen LogP contribution in [0.4, 0.5) is 35.0 Å². The maximum atomic E-state index is 13.7. The second kappa shape index (κ2) is 29.7. The third-order valence-electron chi connectivity index (χ3n) is 12.0. The fourth-order valence-electron chi connectivity index (χ4n) is 7.14. The number of anilines is 3. The normalized spacial score (nSPS) is 13.8. The molecule has 0 bridgehead atoms. The van der Waals surface area contributed by atoms with E-state index in [-0.39, 0.29) is 35.9 Å². The van der Waals surface area contributed by atoms with Gasteiger partial charge in [-0.15, -0.1) is 23.2 Å². The molecule has 31 heteroatoms. The first-order valence-corrected chi connectivity index (χ1v) is 28.8. The van der Waals surface area contributed by atoms with Crippen LogP contribution in [-0.2, 0) is 9.31 Å². The first-order valence-electron chi connectivity index (χ1n) is 24.2. The number of rotatable bonds is 6. The number of nitrogens with one attached hydrogen (secondary N) is 1. The number of nitrogens with two attached hydrogens (primary N) is 2. The molecule has 12 rings (SSSR count). The highest BCUT2D eigenvalue weighted by atomic mass is 79.9. The van der Waals surface area contributed by atoms with Crippen molar-refractivity contribution in [3.05, 3.63) is 162 Å². The average Bonchev–Trinajstić information content (AvgIpc) is 2.46. The van der Waals surface area contributed by atoms with Crippen molar-refractivity contribution in [3.63, 3.8) is 0 Å². The Morgan fingerprint density at radius 1 is 0.541 bits per heavy atom. The molecule has 0 aliphatic carbocycles. The molecule has 1 fully saturated rings. The number of alkyl halides is 2. The Bertz CT molecular complexity index is 3610. The highest BCUT2D eigenvalue weighted by molar-refractivity contribution is 9.13. The number of carbonyl (C=O) groups is 2. The summed E-state index contributed by atoms with van der Waals surface area (Å²) in [6.07, 6.45) is 8.94. The Morgan fingerprint density at radius 3 is 1.26 bits per heavy atom. The van der Waals surface area contributed by atoms with Crippen LogP contribution in [0.25, 0.3) is 22.5 Å². The molecule has 0 atom stereocenters. The third-order valence-corrected chi connectivity index (χ3v) is 15.3. The Hall–Kier alpha value is -6.63. The lowest BCUT2D eigenvalue weighted by molar-refractivity contribution is 0.00578. The predicted molar refractivity (Wildman–Crippen MR) is 325 cm³/mol.